The van der Waals surface area contributed by atoms with Crippen LogP contribution in [0.1, 0.15) is 13.8 Å². The summed E-state index contributed by atoms with van der Waals surface area (Å²) >= 11 is 4.74. The molecule has 0 aliphatic carbocycles. The molecule has 1 fully saturated rings. The van der Waals surface area contributed by atoms with Crippen LogP contribution in [0.3, 0.4) is 0 Å². The van der Waals surface area contributed by atoms with Crippen LogP contribution in [0.25, 0.3) is 0 Å². The summed E-state index contributed by atoms with van der Waals surface area (Å²) in [6.45, 7) is 3.01. The highest BCUT2D eigenvalue weighted by Gasteiger charge is 2.38. The molecular formula is C11H10BrNO4S. The third-order valence-corrected chi connectivity index (χ3v) is 3.67. The Morgan fingerprint density at radius 2 is 1.94 bits per heavy atom. The standard InChI is InChI=1S/C11H10BrNO4S/c1-11(2)16-9(14)7(10(15)17-11)4-13-8-3-6(12)5-18-8/h3-5,13H,1-2H3. The quantitative estimate of drug-likeness (QED) is 0.512. The lowest BCUT2D eigenvalue weighted by Crippen LogP contribution is -2.42. The Balaban J connectivity index is 2.13. The number of rotatable bonds is 2. The van der Waals surface area contributed by atoms with Gasteiger partial charge in [-0.15, -0.1) is 11.3 Å². The molecule has 96 valence electrons. The predicted molar refractivity (Wildman–Crippen MR) is 70.0 cm³/mol. The van der Waals surface area contributed by atoms with Crippen LogP contribution in [0.5, 0.6) is 0 Å². The van der Waals surface area contributed by atoms with Crippen LogP contribution in [0.2, 0.25) is 0 Å². The zero-order chi connectivity index (χ0) is 13.3. The van der Waals surface area contributed by atoms with Crippen LogP contribution >= 0.6 is 27.3 Å². The summed E-state index contributed by atoms with van der Waals surface area (Å²) in [5.74, 6) is -2.60. The van der Waals surface area contributed by atoms with Gasteiger partial charge in [-0.2, -0.15) is 0 Å². The minimum Gasteiger partial charge on any atom is -0.419 e. The maximum absolute atomic E-state index is 11.6. The Bertz CT molecular complexity index is 513. The molecule has 0 spiro atoms. The molecule has 5 nitrogen and oxygen atoms in total. The highest BCUT2D eigenvalue weighted by Crippen LogP contribution is 2.26. The lowest BCUT2D eigenvalue weighted by molar-refractivity contribution is -0.222. The molecule has 0 unspecified atom stereocenters. The number of cyclic esters (lactones) is 2. The smallest absolute Gasteiger partial charge is 0.350 e. The topological polar surface area (TPSA) is 64.6 Å². The second-order valence-electron chi connectivity index (χ2n) is 4.01. The van der Waals surface area contributed by atoms with E-state index in [2.05, 4.69) is 21.2 Å². The number of hydrogen-bond acceptors (Lipinski definition) is 6. The van der Waals surface area contributed by atoms with Gasteiger partial charge in [-0.3, -0.25) is 0 Å². The van der Waals surface area contributed by atoms with Crippen molar-refractivity contribution in [2.75, 3.05) is 5.32 Å². The number of halogens is 1. The van der Waals surface area contributed by atoms with Crippen LogP contribution in [-0.2, 0) is 19.1 Å². The average Bonchev–Trinajstić information content (AvgIpc) is 2.61. The van der Waals surface area contributed by atoms with E-state index in [9.17, 15) is 9.59 Å². The van der Waals surface area contributed by atoms with Gasteiger partial charge in [0.1, 0.15) is 0 Å². The molecule has 1 aliphatic heterocycles. The molecule has 1 N–H and O–H groups in total. The lowest BCUT2D eigenvalue weighted by atomic mass is 10.2. The van der Waals surface area contributed by atoms with Gasteiger partial charge in [0.05, 0.1) is 5.00 Å². The molecule has 2 rings (SSSR count). The fourth-order valence-electron chi connectivity index (χ4n) is 1.31. The maximum atomic E-state index is 11.6. The Morgan fingerprint density at radius 1 is 1.33 bits per heavy atom. The molecule has 1 aliphatic rings. The molecule has 7 heteroatoms. The van der Waals surface area contributed by atoms with Crippen molar-refractivity contribution in [3.63, 3.8) is 0 Å². The average molecular weight is 332 g/mol. The number of hydrogen-bond donors (Lipinski definition) is 1. The van der Waals surface area contributed by atoms with Crippen molar-refractivity contribution in [2.24, 2.45) is 0 Å². The predicted octanol–water partition coefficient (Wildman–Crippen LogP) is 2.64. The van der Waals surface area contributed by atoms with Crippen molar-refractivity contribution < 1.29 is 19.1 Å². The van der Waals surface area contributed by atoms with Gasteiger partial charge in [0.15, 0.2) is 5.57 Å². The van der Waals surface area contributed by atoms with Gasteiger partial charge in [0, 0.05) is 29.9 Å². The Kier molecular flexibility index (Phi) is 3.45. The monoisotopic (exact) mass is 331 g/mol. The Labute approximate surface area is 116 Å². The Morgan fingerprint density at radius 3 is 2.44 bits per heavy atom. The van der Waals surface area contributed by atoms with E-state index in [0.29, 0.717) is 0 Å². The van der Waals surface area contributed by atoms with Gasteiger partial charge in [0.2, 0.25) is 0 Å². The van der Waals surface area contributed by atoms with Gasteiger partial charge in [-0.1, -0.05) is 0 Å². The number of nitrogens with one attached hydrogen (secondary N) is 1. The third kappa shape index (κ3) is 2.91. The summed E-state index contributed by atoms with van der Waals surface area (Å²) in [4.78, 5) is 23.2. The number of thiophene rings is 1. The van der Waals surface area contributed by atoms with Crippen LogP contribution < -0.4 is 5.32 Å². The van der Waals surface area contributed by atoms with E-state index in [1.807, 2.05) is 11.4 Å². The molecule has 0 aromatic carbocycles. The molecule has 0 radical (unpaired) electrons. The molecule has 0 saturated carbocycles. The van der Waals surface area contributed by atoms with E-state index in [1.54, 1.807) is 0 Å². The van der Waals surface area contributed by atoms with Gasteiger partial charge >= 0.3 is 11.9 Å². The molecule has 1 saturated heterocycles. The minimum absolute atomic E-state index is 0.154. The van der Waals surface area contributed by atoms with Crippen molar-refractivity contribution in [1.82, 2.24) is 0 Å². The SMILES string of the molecule is CC1(C)OC(=O)C(=CNc2cc(Br)cs2)C(=O)O1. The highest BCUT2D eigenvalue weighted by molar-refractivity contribution is 9.10. The van der Waals surface area contributed by atoms with Gasteiger partial charge in [0.25, 0.3) is 5.79 Å². The van der Waals surface area contributed by atoms with E-state index >= 15 is 0 Å². The van der Waals surface area contributed by atoms with Gasteiger partial charge < -0.3 is 14.8 Å². The summed E-state index contributed by atoms with van der Waals surface area (Å²) in [6, 6.07) is 1.82. The number of esters is 2. The first-order valence-electron chi connectivity index (χ1n) is 5.05. The molecule has 0 amide bonds. The maximum Gasteiger partial charge on any atom is 0.350 e. The summed E-state index contributed by atoms with van der Waals surface area (Å²) in [5, 5.41) is 5.52. The van der Waals surface area contributed by atoms with Crippen molar-refractivity contribution in [1.29, 1.82) is 0 Å². The molecule has 2 heterocycles. The number of ether oxygens (including phenoxy) is 2. The first-order chi connectivity index (χ1) is 8.37. The molecule has 1 aromatic rings. The van der Waals surface area contributed by atoms with Crippen molar-refractivity contribution in [3.05, 3.63) is 27.7 Å². The van der Waals surface area contributed by atoms with Crippen LogP contribution in [0.4, 0.5) is 5.00 Å². The van der Waals surface area contributed by atoms with Crippen LogP contribution in [0.15, 0.2) is 27.7 Å². The van der Waals surface area contributed by atoms with Gasteiger partial charge in [-0.05, 0) is 22.0 Å². The first kappa shape index (κ1) is 13.1. The second kappa shape index (κ2) is 4.74. The number of carbonyl (C=O) groups excluding carboxylic acids is 2. The normalized spacial score (nSPS) is 18.1. The van der Waals surface area contributed by atoms with E-state index in [4.69, 9.17) is 9.47 Å². The summed E-state index contributed by atoms with van der Waals surface area (Å²) in [6.07, 6.45) is 1.29. The van der Waals surface area contributed by atoms with Crippen LogP contribution in [0, 0.1) is 0 Å². The number of carbonyl (C=O) groups is 2. The van der Waals surface area contributed by atoms with E-state index in [0.717, 1.165) is 9.47 Å². The molecule has 1 aromatic heterocycles. The lowest BCUT2D eigenvalue weighted by Gasteiger charge is -2.29. The van der Waals surface area contributed by atoms with E-state index < -0.39 is 17.7 Å². The zero-order valence-electron chi connectivity index (χ0n) is 9.65. The highest BCUT2D eigenvalue weighted by atomic mass is 79.9. The largest absolute Gasteiger partial charge is 0.419 e. The van der Waals surface area contributed by atoms with Crippen molar-refractivity contribution >= 4 is 44.2 Å². The number of anilines is 1. The van der Waals surface area contributed by atoms with Crippen molar-refractivity contribution in [2.45, 2.75) is 19.6 Å². The summed E-state index contributed by atoms with van der Waals surface area (Å²) in [5.41, 5.74) is -0.154. The molecule has 0 bridgehead atoms. The second-order valence-corrected chi connectivity index (χ2v) is 5.84. The van der Waals surface area contributed by atoms with E-state index in [1.165, 1.54) is 31.4 Å². The fourth-order valence-corrected chi connectivity index (χ4v) is 2.60. The third-order valence-electron chi connectivity index (χ3n) is 2.04. The Hall–Kier alpha value is -1.34. The van der Waals surface area contributed by atoms with Gasteiger partial charge in [-0.25, -0.2) is 9.59 Å². The minimum atomic E-state index is -1.21. The van der Waals surface area contributed by atoms with E-state index in [-0.39, 0.29) is 5.57 Å². The first-order valence-corrected chi connectivity index (χ1v) is 6.72. The zero-order valence-corrected chi connectivity index (χ0v) is 12.1. The molecule has 18 heavy (non-hydrogen) atoms. The fraction of sp³-hybridized carbons (Fsp3) is 0.273. The van der Waals surface area contributed by atoms with Crippen LogP contribution in [-0.4, -0.2) is 17.7 Å². The summed E-state index contributed by atoms with van der Waals surface area (Å²) < 4.78 is 10.8. The molecule has 0 atom stereocenters. The van der Waals surface area contributed by atoms with Crippen molar-refractivity contribution in [3.8, 4) is 0 Å². The molecular weight excluding hydrogens is 322 g/mol. The summed E-state index contributed by atoms with van der Waals surface area (Å²) in [7, 11) is 0.